The normalized spacial score (nSPS) is 21.7. The van der Waals surface area contributed by atoms with Crippen LogP contribution in [0.25, 0.3) is 0 Å². The molecule has 3 atom stereocenters. The topological polar surface area (TPSA) is 131 Å². The van der Waals surface area contributed by atoms with Crippen LogP contribution in [0.15, 0.2) is 46.9 Å². The second kappa shape index (κ2) is 9.20. The summed E-state index contributed by atoms with van der Waals surface area (Å²) in [7, 11) is -4.23. The number of nitrogens with zero attached hydrogens (tertiary/aromatic N) is 3. The monoisotopic (exact) mass is 492 g/mol. The van der Waals surface area contributed by atoms with Crippen LogP contribution in [0, 0.1) is 5.21 Å². The van der Waals surface area contributed by atoms with Gasteiger partial charge in [-0.3, -0.25) is 14.4 Å². The van der Waals surface area contributed by atoms with Crippen molar-refractivity contribution in [3.63, 3.8) is 0 Å². The summed E-state index contributed by atoms with van der Waals surface area (Å²) >= 11 is 1.26. The number of ketones is 1. The number of likely N-dealkylation sites (tertiary alicyclic amines) is 1. The molecule has 0 bridgehead atoms. The number of aromatic nitrogens is 1. The zero-order valence-corrected chi connectivity index (χ0v) is 19.5. The van der Waals surface area contributed by atoms with Gasteiger partial charge in [0.15, 0.2) is 12.0 Å². The zero-order valence-electron chi connectivity index (χ0n) is 17.9. The molecule has 0 aliphatic carbocycles. The number of thiophene rings is 1. The largest absolute Gasteiger partial charge is 0.618 e. The lowest BCUT2D eigenvalue weighted by molar-refractivity contribution is -0.646. The lowest BCUT2D eigenvalue weighted by atomic mass is 10.1. The highest BCUT2D eigenvalue weighted by Gasteiger charge is 2.55. The number of sulfonamides is 1. The zero-order chi connectivity index (χ0) is 23.8. The number of carbonyl (C=O) groups excluding carboxylic acids is 3. The number of amides is 2. The Morgan fingerprint density at radius 1 is 1.30 bits per heavy atom. The minimum Gasteiger partial charge on any atom is -0.618 e. The number of rotatable bonds is 7. The van der Waals surface area contributed by atoms with Gasteiger partial charge < -0.3 is 15.4 Å². The van der Waals surface area contributed by atoms with Crippen molar-refractivity contribution < 1.29 is 27.5 Å². The van der Waals surface area contributed by atoms with E-state index in [9.17, 15) is 28.0 Å². The third kappa shape index (κ3) is 4.25. The first-order valence-electron chi connectivity index (χ1n) is 10.6. The Morgan fingerprint density at radius 2 is 2.09 bits per heavy atom. The van der Waals surface area contributed by atoms with E-state index < -0.39 is 51.4 Å². The fraction of sp³-hybridized carbons (Fsp3) is 0.429. The molecule has 33 heavy (non-hydrogen) atoms. The first kappa shape index (κ1) is 23.3. The molecule has 0 saturated carbocycles. The Balaban J connectivity index is 1.55. The van der Waals surface area contributed by atoms with Crippen molar-refractivity contribution in [2.24, 2.45) is 0 Å². The molecule has 0 spiro atoms. The van der Waals surface area contributed by atoms with E-state index in [2.05, 4.69) is 5.32 Å². The summed E-state index contributed by atoms with van der Waals surface area (Å²) in [6.45, 7) is 1.67. The number of hydrogen-bond donors (Lipinski definition) is 1. The van der Waals surface area contributed by atoms with E-state index in [1.165, 1.54) is 34.4 Å². The van der Waals surface area contributed by atoms with Crippen molar-refractivity contribution in [1.82, 2.24) is 14.5 Å². The molecule has 4 rings (SSSR count). The molecule has 0 radical (unpaired) electrons. The Hall–Kier alpha value is -2.83. The number of nitrogens with one attached hydrogen (secondary N) is 1. The van der Waals surface area contributed by atoms with Crippen molar-refractivity contribution in [2.45, 2.75) is 49.3 Å². The van der Waals surface area contributed by atoms with Gasteiger partial charge in [-0.1, -0.05) is 19.4 Å². The smallest absolute Gasteiger partial charge is 0.323 e. The molecular weight excluding hydrogens is 468 g/mol. The van der Waals surface area contributed by atoms with Crippen molar-refractivity contribution in [3.05, 3.63) is 52.0 Å². The summed E-state index contributed by atoms with van der Waals surface area (Å²) in [4.78, 5) is 40.6. The molecule has 176 valence electrons. The molecule has 12 heteroatoms. The molecule has 2 aliphatic rings. The van der Waals surface area contributed by atoms with Gasteiger partial charge in [0.2, 0.25) is 5.91 Å². The molecule has 0 aromatic carbocycles. The summed E-state index contributed by atoms with van der Waals surface area (Å²) in [5, 5.41) is 16.1. The molecule has 4 heterocycles. The molecule has 2 saturated heterocycles. The Labute approximate surface area is 195 Å². The maximum atomic E-state index is 13.3. The second-order valence-electron chi connectivity index (χ2n) is 8.01. The van der Waals surface area contributed by atoms with Crippen LogP contribution in [0.1, 0.15) is 35.9 Å². The SMILES string of the molecule is CCCC(NC(=O)c1cccs1)C(=O)N1CCC2C1C(=O)CN2S(=O)(=O)c1cccc[n+]1[O-]. The Kier molecular flexibility index (Phi) is 6.50. The molecule has 2 fully saturated rings. The molecule has 2 aliphatic heterocycles. The quantitative estimate of drug-likeness (QED) is 0.443. The van der Waals surface area contributed by atoms with Gasteiger partial charge in [0.25, 0.3) is 5.91 Å². The second-order valence-corrected chi connectivity index (χ2v) is 10.8. The van der Waals surface area contributed by atoms with E-state index >= 15 is 0 Å². The summed E-state index contributed by atoms with van der Waals surface area (Å²) in [5.74, 6) is -1.17. The molecule has 10 nitrogen and oxygen atoms in total. The maximum Gasteiger partial charge on any atom is 0.323 e. The molecule has 3 unspecified atom stereocenters. The van der Waals surface area contributed by atoms with Crippen molar-refractivity contribution >= 4 is 39.0 Å². The van der Waals surface area contributed by atoms with E-state index in [0.717, 1.165) is 10.5 Å². The van der Waals surface area contributed by atoms with Crippen LogP contribution in [0.2, 0.25) is 0 Å². The summed E-state index contributed by atoms with van der Waals surface area (Å²) in [6, 6.07) is 4.94. The fourth-order valence-electron chi connectivity index (χ4n) is 4.46. The molecule has 2 aromatic heterocycles. The van der Waals surface area contributed by atoms with Gasteiger partial charge in [-0.15, -0.1) is 11.3 Å². The van der Waals surface area contributed by atoms with Crippen molar-refractivity contribution in [3.8, 4) is 0 Å². The van der Waals surface area contributed by atoms with Crippen LogP contribution < -0.4 is 10.0 Å². The molecular formula is C21H24N4O6S2. The highest BCUT2D eigenvalue weighted by atomic mass is 32.2. The van der Waals surface area contributed by atoms with E-state index in [1.807, 2.05) is 6.92 Å². The highest BCUT2D eigenvalue weighted by molar-refractivity contribution is 7.89. The van der Waals surface area contributed by atoms with Gasteiger partial charge in [-0.05, 0) is 30.4 Å². The lowest BCUT2D eigenvalue weighted by Gasteiger charge is -2.28. The van der Waals surface area contributed by atoms with Crippen LogP contribution in [0.3, 0.4) is 0 Å². The predicted octanol–water partition coefficient (Wildman–Crippen LogP) is 0.523. The summed E-state index contributed by atoms with van der Waals surface area (Å²) < 4.78 is 27.5. The first-order chi connectivity index (χ1) is 15.8. The Morgan fingerprint density at radius 3 is 2.76 bits per heavy atom. The summed E-state index contributed by atoms with van der Waals surface area (Å²) in [5.41, 5.74) is 0. The first-order valence-corrected chi connectivity index (χ1v) is 12.9. The molecule has 2 amide bonds. The van der Waals surface area contributed by atoms with E-state index in [0.29, 0.717) is 17.7 Å². The molecule has 2 aromatic rings. The van der Waals surface area contributed by atoms with Crippen LogP contribution in [-0.2, 0) is 19.6 Å². The van der Waals surface area contributed by atoms with Gasteiger partial charge >= 0.3 is 15.0 Å². The van der Waals surface area contributed by atoms with Crippen LogP contribution in [0.5, 0.6) is 0 Å². The summed E-state index contributed by atoms with van der Waals surface area (Å²) in [6.07, 6.45) is 2.37. The van der Waals surface area contributed by atoms with E-state index in [4.69, 9.17) is 0 Å². The predicted molar refractivity (Wildman–Crippen MR) is 119 cm³/mol. The van der Waals surface area contributed by atoms with E-state index in [1.54, 1.807) is 17.5 Å². The Bertz CT molecular complexity index is 1170. The minimum atomic E-state index is -4.23. The van der Waals surface area contributed by atoms with Gasteiger partial charge in [0, 0.05) is 18.7 Å². The van der Waals surface area contributed by atoms with Crippen LogP contribution in [-0.4, -0.2) is 66.4 Å². The van der Waals surface area contributed by atoms with Gasteiger partial charge in [-0.25, -0.2) is 8.42 Å². The van der Waals surface area contributed by atoms with Crippen LogP contribution >= 0.6 is 11.3 Å². The highest BCUT2D eigenvalue weighted by Crippen LogP contribution is 2.34. The number of fused-ring (bicyclic) bond motifs is 1. The average molecular weight is 493 g/mol. The van der Waals surface area contributed by atoms with Crippen molar-refractivity contribution in [1.29, 1.82) is 0 Å². The number of pyridine rings is 1. The molecule has 1 N–H and O–H groups in total. The van der Waals surface area contributed by atoms with Gasteiger partial charge in [0.1, 0.15) is 12.1 Å². The van der Waals surface area contributed by atoms with Gasteiger partial charge in [-0.2, -0.15) is 9.04 Å². The van der Waals surface area contributed by atoms with Crippen molar-refractivity contribution in [2.75, 3.05) is 13.1 Å². The number of Topliss-reactive ketones (excluding diaryl/α,β-unsaturated/α-hetero) is 1. The lowest BCUT2D eigenvalue weighted by Crippen LogP contribution is -2.52. The third-order valence-electron chi connectivity index (χ3n) is 5.95. The number of carbonyl (C=O) groups is 3. The maximum absolute atomic E-state index is 13.3. The van der Waals surface area contributed by atoms with E-state index in [-0.39, 0.29) is 23.6 Å². The minimum absolute atomic E-state index is 0.188. The number of hydrogen-bond acceptors (Lipinski definition) is 7. The third-order valence-corrected chi connectivity index (χ3v) is 8.68. The fourth-order valence-corrected chi connectivity index (χ4v) is 6.74. The average Bonchev–Trinajstić information content (AvgIpc) is 3.52. The van der Waals surface area contributed by atoms with Crippen LogP contribution in [0.4, 0.5) is 0 Å². The standard InChI is InChI=1S/C21H24N4O6S2/c1-2-6-14(22-20(27)17-7-5-12-32-17)21(28)23-11-9-15-19(23)16(26)13-25(15)33(30,31)18-8-3-4-10-24(18)29/h3-5,7-8,10,12,14-15,19H,2,6,9,11,13H2,1H3,(H,22,27). The van der Waals surface area contributed by atoms with Gasteiger partial charge in [0.05, 0.1) is 17.5 Å².